The number of carbonyl (C=O) groups excluding carboxylic acids is 1. The van der Waals surface area contributed by atoms with E-state index < -0.39 is 5.63 Å². The van der Waals surface area contributed by atoms with Gasteiger partial charge < -0.3 is 9.73 Å². The van der Waals surface area contributed by atoms with Crippen molar-refractivity contribution in [3.05, 3.63) is 40.0 Å². The number of hydroxylamine groups is 1. The van der Waals surface area contributed by atoms with E-state index in [-0.39, 0.29) is 17.6 Å². The van der Waals surface area contributed by atoms with Crippen molar-refractivity contribution in [2.75, 3.05) is 11.7 Å². The number of unbranched alkanes of at least 4 members (excludes halogenated alkanes) is 1. The van der Waals surface area contributed by atoms with Gasteiger partial charge in [-0.2, -0.15) is 5.06 Å². The highest BCUT2D eigenvalue weighted by molar-refractivity contribution is 6.03. The van der Waals surface area contributed by atoms with E-state index in [4.69, 9.17) is 9.25 Å². The highest BCUT2D eigenvalue weighted by Crippen LogP contribution is 2.29. The summed E-state index contributed by atoms with van der Waals surface area (Å²) in [6.07, 6.45) is 2.50. The standard InChI is InChI=1S/C14H18N2O4/c1-4-6-7-10-8-11(17)20-14-12(10)13(18)15-9(3)16(14)19-5-2/h8H,3-7H2,1-2H3,(H,15,18). The van der Waals surface area contributed by atoms with E-state index in [1.807, 2.05) is 6.92 Å². The molecule has 6 heteroatoms. The van der Waals surface area contributed by atoms with Gasteiger partial charge in [0.05, 0.1) is 6.61 Å². The number of hydrogen-bond donors (Lipinski definition) is 1. The quantitative estimate of drug-likeness (QED) is 0.891. The summed E-state index contributed by atoms with van der Waals surface area (Å²) < 4.78 is 5.15. The summed E-state index contributed by atoms with van der Waals surface area (Å²) in [6, 6.07) is 1.37. The molecule has 0 spiro atoms. The van der Waals surface area contributed by atoms with Crippen LogP contribution in [0.2, 0.25) is 0 Å². The first-order chi connectivity index (χ1) is 9.58. The molecule has 2 heterocycles. The second-order valence-corrected chi connectivity index (χ2v) is 4.49. The average Bonchev–Trinajstić information content (AvgIpc) is 2.40. The van der Waals surface area contributed by atoms with Crippen LogP contribution in [0.1, 0.15) is 42.6 Å². The summed E-state index contributed by atoms with van der Waals surface area (Å²) in [6.45, 7) is 7.89. The molecular weight excluding hydrogens is 260 g/mol. The number of aryl methyl sites for hydroxylation is 1. The van der Waals surface area contributed by atoms with Gasteiger partial charge in [0.1, 0.15) is 11.4 Å². The number of amides is 1. The fourth-order valence-corrected chi connectivity index (χ4v) is 2.11. The molecule has 0 saturated carbocycles. The van der Waals surface area contributed by atoms with Crippen LogP contribution in [0.4, 0.5) is 5.88 Å². The third-order valence-corrected chi connectivity index (χ3v) is 3.00. The predicted molar refractivity (Wildman–Crippen MR) is 74.3 cm³/mol. The summed E-state index contributed by atoms with van der Waals surface area (Å²) in [5.41, 5.74) is 0.522. The van der Waals surface area contributed by atoms with E-state index >= 15 is 0 Å². The minimum Gasteiger partial charge on any atom is -0.403 e. The maximum Gasteiger partial charge on any atom is 0.337 e. The van der Waals surface area contributed by atoms with Gasteiger partial charge in [-0.3, -0.25) is 9.63 Å². The molecule has 1 aromatic rings. The van der Waals surface area contributed by atoms with E-state index in [2.05, 4.69) is 11.9 Å². The first-order valence-corrected chi connectivity index (χ1v) is 6.68. The van der Waals surface area contributed by atoms with Crippen LogP contribution in [0.3, 0.4) is 0 Å². The molecule has 1 aromatic heterocycles. The Hall–Kier alpha value is -2.08. The molecule has 6 nitrogen and oxygen atoms in total. The average molecular weight is 278 g/mol. The molecule has 0 aromatic carbocycles. The Balaban J connectivity index is 2.55. The molecule has 0 radical (unpaired) electrons. The summed E-state index contributed by atoms with van der Waals surface area (Å²) in [5.74, 6) is 0.0233. The number of fused-ring (bicyclic) bond motifs is 1. The second kappa shape index (κ2) is 5.92. The second-order valence-electron chi connectivity index (χ2n) is 4.49. The van der Waals surface area contributed by atoms with Gasteiger partial charge in [-0.05, 0) is 25.3 Å². The smallest absolute Gasteiger partial charge is 0.337 e. The predicted octanol–water partition coefficient (Wildman–Crippen LogP) is 1.95. The van der Waals surface area contributed by atoms with Gasteiger partial charge in [0.25, 0.3) is 5.91 Å². The minimum absolute atomic E-state index is 0.110. The highest BCUT2D eigenvalue weighted by atomic mass is 16.7. The van der Waals surface area contributed by atoms with Gasteiger partial charge in [0.2, 0.25) is 5.88 Å². The molecule has 1 aliphatic heterocycles. The van der Waals surface area contributed by atoms with Crippen molar-refractivity contribution < 1.29 is 14.0 Å². The molecule has 20 heavy (non-hydrogen) atoms. The van der Waals surface area contributed by atoms with Crippen LogP contribution < -0.4 is 16.0 Å². The van der Waals surface area contributed by atoms with E-state index in [0.717, 1.165) is 12.8 Å². The van der Waals surface area contributed by atoms with Gasteiger partial charge in [-0.15, -0.1) is 0 Å². The summed E-state index contributed by atoms with van der Waals surface area (Å²) in [7, 11) is 0. The number of hydrogen-bond acceptors (Lipinski definition) is 5. The zero-order chi connectivity index (χ0) is 14.7. The summed E-state index contributed by atoms with van der Waals surface area (Å²) in [5, 5.41) is 3.87. The van der Waals surface area contributed by atoms with Gasteiger partial charge in [-0.1, -0.05) is 19.9 Å². The Labute approximate surface area is 117 Å². The Morgan fingerprint density at radius 2 is 2.15 bits per heavy atom. The van der Waals surface area contributed by atoms with Crippen molar-refractivity contribution in [3.63, 3.8) is 0 Å². The monoisotopic (exact) mass is 278 g/mol. The van der Waals surface area contributed by atoms with Crippen LogP contribution in [0, 0.1) is 0 Å². The molecule has 1 aliphatic rings. The molecular formula is C14H18N2O4. The minimum atomic E-state index is -0.498. The van der Waals surface area contributed by atoms with Crippen LogP contribution in [-0.4, -0.2) is 12.5 Å². The molecule has 0 bridgehead atoms. The molecule has 0 aliphatic carbocycles. The molecule has 1 amide bonds. The lowest BCUT2D eigenvalue weighted by Crippen LogP contribution is -2.42. The summed E-state index contributed by atoms with van der Waals surface area (Å²) in [4.78, 5) is 29.2. The zero-order valence-electron chi connectivity index (χ0n) is 11.7. The topological polar surface area (TPSA) is 71.8 Å². The van der Waals surface area contributed by atoms with Crippen molar-refractivity contribution in [3.8, 4) is 0 Å². The maximum atomic E-state index is 12.1. The fraction of sp³-hybridized carbons (Fsp3) is 0.429. The van der Waals surface area contributed by atoms with Gasteiger partial charge in [0.15, 0.2) is 0 Å². The molecule has 0 fully saturated rings. The SMILES string of the molecule is C=C1NC(=O)c2c(CCCC)cc(=O)oc2N1OCC. The van der Waals surface area contributed by atoms with Gasteiger partial charge in [0, 0.05) is 6.07 Å². The molecule has 2 rings (SSSR count). The van der Waals surface area contributed by atoms with Crippen molar-refractivity contribution in [1.29, 1.82) is 0 Å². The van der Waals surface area contributed by atoms with E-state index in [1.54, 1.807) is 6.92 Å². The Bertz CT molecular complexity index is 591. The Morgan fingerprint density at radius 3 is 2.80 bits per heavy atom. The molecule has 0 unspecified atom stereocenters. The first kappa shape index (κ1) is 14.3. The number of carbonyl (C=O) groups is 1. The summed E-state index contributed by atoms with van der Waals surface area (Å²) >= 11 is 0. The van der Waals surface area contributed by atoms with Crippen LogP contribution in [-0.2, 0) is 11.3 Å². The lowest BCUT2D eigenvalue weighted by Gasteiger charge is -2.29. The largest absolute Gasteiger partial charge is 0.403 e. The van der Waals surface area contributed by atoms with E-state index in [1.165, 1.54) is 11.1 Å². The molecule has 1 N–H and O–H groups in total. The fourth-order valence-electron chi connectivity index (χ4n) is 2.11. The van der Waals surface area contributed by atoms with Crippen LogP contribution in [0.15, 0.2) is 27.7 Å². The zero-order valence-corrected chi connectivity index (χ0v) is 11.7. The molecule has 0 saturated heterocycles. The molecule has 108 valence electrons. The number of rotatable bonds is 5. The van der Waals surface area contributed by atoms with Crippen LogP contribution >= 0.6 is 0 Å². The van der Waals surface area contributed by atoms with Crippen molar-refractivity contribution in [2.45, 2.75) is 33.1 Å². The highest BCUT2D eigenvalue weighted by Gasteiger charge is 2.32. The third kappa shape index (κ3) is 2.60. The van der Waals surface area contributed by atoms with E-state index in [9.17, 15) is 9.59 Å². The maximum absolute atomic E-state index is 12.1. The Morgan fingerprint density at radius 1 is 1.40 bits per heavy atom. The number of nitrogens with one attached hydrogen (secondary N) is 1. The van der Waals surface area contributed by atoms with Gasteiger partial charge in [-0.25, -0.2) is 4.79 Å². The van der Waals surface area contributed by atoms with Crippen LogP contribution in [0.5, 0.6) is 0 Å². The Kier molecular flexibility index (Phi) is 4.24. The third-order valence-electron chi connectivity index (χ3n) is 3.00. The lowest BCUT2D eigenvalue weighted by molar-refractivity contribution is 0.0869. The first-order valence-electron chi connectivity index (χ1n) is 6.68. The normalized spacial score (nSPS) is 14.2. The van der Waals surface area contributed by atoms with Gasteiger partial charge >= 0.3 is 5.63 Å². The number of nitrogens with zero attached hydrogens (tertiary/aromatic N) is 1. The van der Waals surface area contributed by atoms with Crippen molar-refractivity contribution in [1.82, 2.24) is 5.32 Å². The lowest BCUT2D eigenvalue weighted by atomic mass is 10.0. The van der Waals surface area contributed by atoms with Crippen LogP contribution in [0.25, 0.3) is 0 Å². The number of anilines is 1. The molecule has 0 atom stereocenters. The van der Waals surface area contributed by atoms with Crippen molar-refractivity contribution >= 4 is 11.8 Å². The van der Waals surface area contributed by atoms with E-state index in [0.29, 0.717) is 24.2 Å². The van der Waals surface area contributed by atoms with Crippen molar-refractivity contribution in [2.24, 2.45) is 0 Å².